The van der Waals surface area contributed by atoms with Gasteiger partial charge in [0.1, 0.15) is 11.7 Å². The number of fused-ring (bicyclic) bond motifs is 2. The lowest BCUT2D eigenvalue weighted by Gasteiger charge is -2.75. The van der Waals surface area contributed by atoms with E-state index < -0.39 is 16.3 Å². The number of phenolic OH excluding ortho intramolecular Hbond substituents is 1. The first kappa shape index (κ1) is 27.4. The molecule has 1 unspecified atom stereocenters. The summed E-state index contributed by atoms with van der Waals surface area (Å²) in [6, 6.07) is 8.75. The van der Waals surface area contributed by atoms with Crippen molar-refractivity contribution in [3.63, 3.8) is 0 Å². The smallest absolute Gasteiger partial charge is 0.291 e. The van der Waals surface area contributed by atoms with Gasteiger partial charge in [-0.1, -0.05) is 12.1 Å². The number of rotatable bonds is 7. The highest BCUT2D eigenvalue weighted by atomic mass is 32.1. The number of aromatic hydroxyl groups is 1. The highest BCUT2D eigenvalue weighted by Gasteiger charge is 2.81. The van der Waals surface area contributed by atoms with Crippen molar-refractivity contribution in [1.82, 2.24) is 4.90 Å². The van der Waals surface area contributed by atoms with E-state index in [1.165, 1.54) is 35.4 Å². The van der Waals surface area contributed by atoms with Crippen molar-refractivity contribution in [3.05, 3.63) is 55.8 Å². The third-order valence-corrected chi connectivity index (χ3v) is 12.8. The second-order valence-corrected chi connectivity index (χ2v) is 14.6. The molecule has 1 saturated heterocycles. The van der Waals surface area contributed by atoms with E-state index in [1.807, 2.05) is 13.2 Å². The first-order valence-corrected chi connectivity index (χ1v) is 15.9. The van der Waals surface area contributed by atoms with E-state index in [2.05, 4.69) is 35.4 Å². The van der Waals surface area contributed by atoms with Gasteiger partial charge in [-0.25, -0.2) is 0 Å². The number of hydrogen-bond donors (Lipinski definition) is 3. The molecular formula is C31H40N2O7S. The summed E-state index contributed by atoms with van der Waals surface area (Å²) >= 11 is 1.77. The van der Waals surface area contributed by atoms with Crippen LogP contribution in [0.15, 0.2) is 29.6 Å². The SMILES string of the molecule is CO[C@@]12CC[C@@]3(CC1[C@](C)(O)CCc1cccs1)[C@H]1Cc4ccc(O)c5c4[C@@]3(CCN1CC1CC1)[C@H]2O5.O=[N+]([O-])O. The molecule has 1 aromatic carbocycles. The third kappa shape index (κ3) is 3.76. The van der Waals surface area contributed by atoms with Gasteiger partial charge in [0, 0.05) is 46.9 Å². The Hall–Kier alpha value is -2.40. The van der Waals surface area contributed by atoms with Crippen molar-refractivity contribution in [3.8, 4) is 11.5 Å². The van der Waals surface area contributed by atoms with Gasteiger partial charge in [-0.3, -0.25) is 4.90 Å². The maximum Gasteiger partial charge on any atom is 0.291 e. The maximum absolute atomic E-state index is 12.3. The highest BCUT2D eigenvalue weighted by molar-refractivity contribution is 7.09. The Labute approximate surface area is 244 Å². The van der Waals surface area contributed by atoms with Crippen LogP contribution >= 0.6 is 11.3 Å². The summed E-state index contributed by atoms with van der Waals surface area (Å²) in [5, 5.41) is 39.0. The number of benzene rings is 1. The molecule has 222 valence electrons. The fourth-order valence-electron chi connectivity index (χ4n) is 10.1. The normalized spacial score (nSPS) is 37.4. The molecule has 4 saturated carbocycles. The summed E-state index contributed by atoms with van der Waals surface area (Å²) in [5.74, 6) is 1.82. The van der Waals surface area contributed by atoms with Crippen LogP contribution in [0.4, 0.5) is 0 Å². The van der Waals surface area contributed by atoms with Crippen LogP contribution < -0.4 is 4.74 Å². The van der Waals surface area contributed by atoms with Gasteiger partial charge in [0.2, 0.25) is 0 Å². The van der Waals surface area contributed by atoms with E-state index >= 15 is 0 Å². The minimum atomic E-state index is -1.50. The monoisotopic (exact) mass is 584 g/mol. The number of methoxy groups -OCH3 is 1. The fraction of sp³-hybridized carbons (Fsp3) is 0.677. The Morgan fingerprint density at radius 1 is 1.27 bits per heavy atom. The third-order valence-electron chi connectivity index (χ3n) is 11.9. The van der Waals surface area contributed by atoms with E-state index in [-0.39, 0.29) is 28.6 Å². The van der Waals surface area contributed by atoms with Crippen LogP contribution in [0.1, 0.15) is 67.9 Å². The van der Waals surface area contributed by atoms with Gasteiger partial charge in [0.15, 0.2) is 11.5 Å². The Kier molecular flexibility index (Phi) is 6.22. The summed E-state index contributed by atoms with van der Waals surface area (Å²) in [7, 11) is 1.84. The molecule has 7 aliphatic rings. The van der Waals surface area contributed by atoms with Gasteiger partial charge in [0.05, 0.1) is 5.60 Å². The van der Waals surface area contributed by atoms with Crippen LogP contribution in [-0.4, -0.2) is 69.0 Å². The van der Waals surface area contributed by atoms with E-state index in [0.717, 1.165) is 57.4 Å². The lowest BCUT2D eigenvalue weighted by Crippen LogP contribution is -2.82. The molecule has 2 aliphatic heterocycles. The van der Waals surface area contributed by atoms with Gasteiger partial charge in [-0.15, -0.1) is 21.5 Å². The van der Waals surface area contributed by atoms with Crippen molar-refractivity contribution >= 4 is 11.3 Å². The number of aliphatic hydroxyl groups is 1. The average molecular weight is 585 g/mol. The number of aryl methyl sites for hydroxylation is 1. The van der Waals surface area contributed by atoms with Crippen molar-refractivity contribution in [2.24, 2.45) is 17.3 Å². The van der Waals surface area contributed by atoms with Crippen LogP contribution in [0.2, 0.25) is 0 Å². The molecule has 2 aromatic rings. The first-order valence-electron chi connectivity index (χ1n) is 15.0. The minimum absolute atomic E-state index is 0.0155. The molecule has 1 aromatic heterocycles. The van der Waals surface area contributed by atoms with Crippen LogP contribution in [0.3, 0.4) is 0 Å². The molecule has 41 heavy (non-hydrogen) atoms. The molecule has 2 spiro atoms. The van der Waals surface area contributed by atoms with E-state index in [1.54, 1.807) is 11.3 Å². The van der Waals surface area contributed by atoms with Crippen LogP contribution in [0, 0.1) is 27.4 Å². The summed E-state index contributed by atoms with van der Waals surface area (Å²) < 4.78 is 13.5. The minimum Gasteiger partial charge on any atom is -0.504 e. The molecule has 0 amide bonds. The Morgan fingerprint density at radius 2 is 2.05 bits per heavy atom. The number of likely N-dealkylation sites (tertiary alicyclic amines) is 1. The predicted molar refractivity (Wildman–Crippen MR) is 152 cm³/mol. The largest absolute Gasteiger partial charge is 0.504 e. The van der Waals surface area contributed by atoms with Crippen molar-refractivity contribution in [1.29, 1.82) is 0 Å². The van der Waals surface area contributed by atoms with Crippen LogP contribution in [0.25, 0.3) is 0 Å². The number of phenols is 1. The summed E-state index contributed by atoms with van der Waals surface area (Å²) in [5.41, 5.74) is 1.11. The second kappa shape index (κ2) is 9.30. The lowest BCUT2D eigenvalue weighted by molar-refractivity contribution is -0.742. The average Bonchev–Trinajstić information content (AvgIpc) is 3.44. The van der Waals surface area contributed by atoms with E-state index in [4.69, 9.17) is 24.8 Å². The fourth-order valence-corrected chi connectivity index (χ4v) is 10.8. The number of thiophene rings is 1. The zero-order valence-corrected chi connectivity index (χ0v) is 24.6. The number of nitrogens with zero attached hydrogens (tertiary/aromatic N) is 2. The van der Waals surface area contributed by atoms with E-state index in [0.29, 0.717) is 11.8 Å². The Bertz CT molecular complexity index is 1340. The quantitative estimate of drug-likeness (QED) is 0.316. The molecule has 7 atom stereocenters. The highest BCUT2D eigenvalue weighted by Crippen LogP contribution is 2.77. The molecule has 0 radical (unpaired) electrons. The Balaban J connectivity index is 0.000000651. The maximum atomic E-state index is 12.3. The molecule has 4 bridgehead atoms. The zero-order chi connectivity index (χ0) is 28.8. The molecule has 10 heteroatoms. The number of piperidine rings is 1. The van der Waals surface area contributed by atoms with Gasteiger partial charge in [0.25, 0.3) is 5.09 Å². The molecule has 5 fully saturated rings. The molecular weight excluding hydrogens is 544 g/mol. The standard InChI is InChI=1S/C31H39NO4S.HNO3/c1-28(34,10-9-21-4-3-15-37-21)23-17-29-11-12-31(23,35-2)27-30(29)13-14-32(18-19-5-6-19)24(29)16-20-7-8-22(33)26(36-27)25(20)30;2-1(3)4/h3-4,7-8,15,19,23-24,27,33-34H,5-6,9-14,16-18H2,1-2H3;(H,2,3,4)/t23?,24-,27-,28-,29-,30+,31+;/m1./s1. The summed E-state index contributed by atoms with van der Waals surface area (Å²) in [6.45, 7) is 4.36. The van der Waals surface area contributed by atoms with Gasteiger partial charge in [-0.05, 0) is 100 Å². The lowest BCUT2D eigenvalue weighted by atomic mass is 9.33. The van der Waals surface area contributed by atoms with Gasteiger partial charge >= 0.3 is 0 Å². The molecule has 5 aliphatic carbocycles. The zero-order valence-electron chi connectivity index (χ0n) is 23.8. The Morgan fingerprint density at radius 3 is 2.73 bits per heavy atom. The number of ether oxygens (including phenoxy) is 2. The predicted octanol–water partition coefficient (Wildman–Crippen LogP) is 4.71. The summed E-state index contributed by atoms with van der Waals surface area (Å²) in [6.07, 6.45) is 9.25. The van der Waals surface area contributed by atoms with Crippen molar-refractivity contribution in [2.75, 3.05) is 20.2 Å². The van der Waals surface area contributed by atoms with Crippen LogP contribution in [-0.2, 0) is 23.0 Å². The van der Waals surface area contributed by atoms with Gasteiger partial charge < -0.3 is 24.9 Å². The molecule has 3 heterocycles. The van der Waals surface area contributed by atoms with Gasteiger partial charge in [-0.2, -0.15) is 0 Å². The van der Waals surface area contributed by atoms with Crippen molar-refractivity contribution in [2.45, 2.75) is 93.5 Å². The van der Waals surface area contributed by atoms with E-state index in [9.17, 15) is 10.2 Å². The first-order chi connectivity index (χ1) is 19.6. The van der Waals surface area contributed by atoms with Crippen LogP contribution in [0.5, 0.6) is 11.5 Å². The molecule has 9 nitrogen and oxygen atoms in total. The summed E-state index contributed by atoms with van der Waals surface area (Å²) in [4.78, 5) is 12.5. The topological polar surface area (TPSA) is 126 Å². The second-order valence-electron chi connectivity index (χ2n) is 13.6. The molecule has 3 N–H and O–H groups in total. The van der Waals surface area contributed by atoms with Crippen molar-refractivity contribution < 1.29 is 30.0 Å². The number of hydrogen-bond acceptors (Lipinski definition) is 8. The molecule has 9 rings (SSSR count).